The van der Waals surface area contributed by atoms with E-state index in [4.69, 9.17) is 4.74 Å². The zero-order valence-corrected chi connectivity index (χ0v) is 13.6. The van der Waals surface area contributed by atoms with Gasteiger partial charge in [0.15, 0.2) is 5.13 Å². The molecule has 1 aliphatic rings. The highest BCUT2D eigenvalue weighted by Gasteiger charge is 2.32. The Kier molecular flexibility index (Phi) is 3.86. The van der Waals surface area contributed by atoms with Crippen molar-refractivity contribution in [3.8, 4) is 5.75 Å². The van der Waals surface area contributed by atoms with E-state index in [0.717, 1.165) is 32.3 Å². The molecule has 110 valence electrons. The first-order valence-corrected chi connectivity index (χ1v) is 8.02. The molecule has 1 aliphatic carbocycles. The number of ether oxygens (including phenoxy) is 1. The van der Waals surface area contributed by atoms with Crippen LogP contribution in [0, 0.1) is 0 Å². The van der Waals surface area contributed by atoms with E-state index in [-0.39, 0.29) is 0 Å². The van der Waals surface area contributed by atoms with Gasteiger partial charge in [-0.15, -0.1) is 11.3 Å². The maximum atomic E-state index is 11.2. The standard InChI is InChI=1S/C14H13BrN2O3S/c1-20-10-6-7(2-4-9(10)15)16-14-17-12-8(13(18)19)3-5-11(12)21-14/h2,4,6,8H,3,5H2,1H3,(H,16,17)(H,18,19). The van der Waals surface area contributed by atoms with E-state index < -0.39 is 11.9 Å². The number of nitrogens with zero attached hydrogens (tertiary/aromatic N) is 1. The minimum atomic E-state index is -0.795. The Hall–Kier alpha value is -1.60. The molecule has 1 atom stereocenters. The van der Waals surface area contributed by atoms with Crippen molar-refractivity contribution in [1.82, 2.24) is 4.98 Å². The maximum Gasteiger partial charge on any atom is 0.312 e. The van der Waals surface area contributed by atoms with Gasteiger partial charge in [-0.2, -0.15) is 0 Å². The van der Waals surface area contributed by atoms with Crippen LogP contribution in [0.1, 0.15) is 22.9 Å². The lowest BCUT2D eigenvalue weighted by atomic mass is 10.1. The van der Waals surface area contributed by atoms with Crippen LogP contribution in [0.15, 0.2) is 22.7 Å². The average molecular weight is 369 g/mol. The van der Waals surface area contributed by atoms with E-state index in [1.807, 2.05) is 18.2 Å². The molecule has 0 saturated carbocycles. The molecule has 21 heavy (non-hydrogen) atoms. The number of hydrogen-bond donors (Lipinski definition) is 2. The monoisotopic (exact) mass is 368 g/mol. The molecule has 1 heterocycles. The topological polar surface area (TPSA) is 71.5 Å². The number of thiazole rings is 1. The Morgan fingerprint density at radius 2 is 2.38 bits per heavy atom. The average Bonchev–Trinajstić information content (AvgIpc) is 3.00. The quantitative estimate of drug-likeness (QED) is 0.859. The summed E-state index contributed by atoms with van der Waals surface area (Å²) in [5.41, 5.74) is 1.56. The Morgan fingerprint density at radius 3 is 3.10 bits per heavy atom. The van der Waals surface area contributed by atoms with Crippen LogP contribution in [0.25, 0.3) is 0 Å². The number of halogens is 1. The van der Waals surface area contributed by atoms with E-state index in [2.05, 4.69) is 26.2 Å². The van der Waals surface area contributed by atoms with Gasteiger partial charge in [0.1, 0.15) is 11.7 Å². The van der Waals surface area contributed by atoms with E-state index in [1.54, 1.807) is 7.11 Å². The third-order valence-electron chi connectivity index (χ3n) is 3.42. The first-order chi connectivity index (χ1) is 10.1. The second kappa shape index (κ2) is 5.65. The number of aromatic nitrogens is 1. The summed E-state index contributed by atoms with van der Waals surface area (Å²) in [6, 6.07) is 5.67. The summed E-state index contributed by atoms with van der Waals surface area (Å²) < 4.78 is 6.13. The maximum absolute atomic E-state index is 11.2. The summed E-state index contributed by atoms with van der Waals surface area (Å²) in [5.74, 6) is -0.533. The van der Waals surface area contributed by atoms with E-state index in [0.29, 0.717) is 12.1 Å². The van der Waals surface area contributed by atoms with Crippen molar-refractivity contribution in [1.29, 1.82) is 0 Å². The molecule has 7 heteroatoms. The number of hydrogen-bond acceptors (Lipinski definition) is 5. The molecule has 0 bridgehead atoms. The van der Waals surface area contributed by atoms with E-state index >= 15 is 0 Å². The predicted octanol–water partition coefficient (Wildman–Crippen LogP) is 3.77. The van der Waals surface area contributed by atoms with E-state index in [1.165, 1.54) is 11.3 Å². The van der Waals surface area contributed by atoms with Gasteiger partial charge >= 0.3 is 5.97 Å². The van der Waals surface area contributed by atoms with Crippen LogP contribution in [0.2, 0.25) is 0 Å². The lowest BCUT2D eigenvalue weighted by Crippen LogP contribution is -2.08. The fraction of sp³-hybridized carbons (Fsp3) is 0.286. The Balaban J connectivity index is 1.84. The fourth-order valence-electron chi connectivity index (χ4n) is 2.38. The van der Waals surface area contributed by atoms with Crippen LogP contribution in [0.5, 0.6) is 5.75 Å². The normalized spacial score (nSPS) is 16.6. The molecule has 0 amide bonds. The fourth-order valence-corrected chi connectivity index (χ4v) is 3.85. The van der Waals surface area contributed by atoms with Crippen molar-refractivity contribution in [3.63, 3.8) is 0 Å². The van der Waals surface area contributed by atoms with Crippen molar-refractivity contribution < 1.29 is 14.6 Å². The summed E-state index contributed by atoms with van der Waals surface area (Å²) in [7, 11) is 1.61. The molecule has 0 aliphatic heterocycles. The summed E-state index contributed by atoms with van der Waals surface area (Å²) in [6.07, 6.45) is 1.44. The minimum absolute atomic E-state index is 0.466. The SMILES string of the molecule is COc1cc(Nc2nc3c(s2)CCC3C(=O)O)ccc1Br. The molecule has 0 radical (unpaired) electrons. The van der Waals surface area contributed by atoms with Crippen LogP contribution in [-0.4, -0.2) is 23.2 Å². The number of benzene rings is 1. The van der Waals surface area contributed by atoms with Crippen molar-refractivity contribution in [2.45, 2.75) is 18.8 Å². The van der Waals surface area contributed by atoms with Gasteiger partial charge in [-0.05, 0) is 40.9 Å². The molecule has 0 fully saturated rings. The number of aliphatic carboxylic acids is 1. The summed E-state index contributed by atoms with van der Waals surface area (Å²) in [5, 5.41) is 13.1. The summed E-state index contributed by atoms with van der Waals surface area (Å²) in [4.78, 5) is 16.7. The molecule has 2 aromatic rings. The number of methoxy groups -OCH3 is 1. The molecule has 2 N–H and O–H groups in total. The first-order valence-electron chi connectivity index (χ1n) is 6.41. The number of nitrogens with one attached hydrogen (secondary N) is 1. The lowest BCUT2D eigenvalue weighted by molar-refractivity contribution is -0.138. The van der Waals surface area contributed by atoms with Gasteiger partial charge in [-0.1, -0.05) is 0 Å². The van der Waals surface area contributed by atoms with Crippen molar-refractivity contribution in [2.24, 2.45) is 0 Å². The first kappa shape index (κ1) is 14.3. The third-order valence-corrected chi connectivity index (χ3v) is 5.12. The number of fused-ring (bicyclic) bond motifs is 1. The van der Waals surface area contributed by atoms with Gasteiger partial charge in [0, 0.05) is 16.6 Å². The van der Waals surface area contributed by atoms with Crippen LogP contribution >= 0.6 is 27.3 Å². The number of aryl methyl sites for hydroxylation is 1. The molecular formula is C14H13BrN2O3S. The van der Waals surface area contributed by atoms with Gasteiger partial charge in [0.2, 0.25) is 0 Å². The Morgan fingerprint density at radius 1 is 1.57 bits per heavy atom. The van der Waals surface area contributed by atoms with Crippen molar-refractivity contribution >= 4 is 44.1 Å². The molecule has 1 unspecified atom stereocenters. The molecular weight excluding hydrogens is 356 g/mol. The molecule has 0 spiro atoms. The number of carbonyl (C=O) groups is 1. The van der Waals surface area contributed by atoms with E-state index in [9.17, 15) is 9.90 Å². The highest BCUT2D eigenvalue weighted by molar-refractivity contribution is 9.10. The second-order valence-corrected chi connectivity index (χ2v) is 6.67. The molecule has 1 aromatic heterocycles. The highest BCUT2D eigenvalue weighted by atomic mass is 79.9. The van der Waals surface area contributed by atoms with Crippen LogP contribution < -0.4 is 10.1 Å². The second-order valence-electron chi connectivity index (χ2n) is 4.73. The van der Waals surface area contributed by atoms with Crippen LogP contribution in [-0.2, 0) is 11.2 Å². The van der Waals surface area contributed by atoms with Crippen LogP contribution in [0.3, 0.4) is 0 Å². The van der Waals surface area contributed by atoms with Crippen molar-refractivity contribution in [2.75, 3.05) is 12.4 Å². The van der Waals surface area contributed by atoms with Gasteiger partial charge in [0.05, 0.1) is 17.3 Å². The third kappa shape index (κ3) is 2.75. The van der Waals surface area contributed by atoms with Gasteiger partial charge in [0.25, 0.3) is 0 Å². The smallest absolute Gasteiger partial charge is 0.312 e. The highest BCUT2D eigenvalue weighted by Crippen LogP contribution is 2.39. The summed E-state index contributed by atoms with van der Waals surface area (Å²) in [6.45, 7) is 0. The van der Waals surface area contributed by atoms with Gasteiger partial charge < -0.3 is 15.2 Å². The number of carboxylic acids is 1. The Bertz CT molecular complexity index is 702. The number of carboxylic acid groups (broad SMARTS) is 1. The molecule has 1 aromatic carbocycles. The number of rotatable bonds is 4. The lowest BCUT2D eigenvalue weighted by Gasteiger charge is -2.07. The van der Waals surface area contributed by atoms with Gasteiger partial charge in [-0.3, -0.25) is 4.79 Å². The van der Waals surface area contributed by atoms with Crippen LogP contribution in [0.4, 0.5) is 10.8 Å². The molecule has 0 saturated heterocycles. The largest absolute Gasteiger partial charge is 0.495 e. The van der Waals surface area contributed by atoms with Gasteiger partial charge in [-0.25, -0.2) is 4.98 Å². The molecule has 5 nitrogen and oxygen atoms in total. The summed E-state index contributed by atoms with van der Waals surface area (Å²) >= 11 is 4.92. The predicted molar refractivity (Wildman–Crippen MR) is 84.8 cm³/mol. The zero-order valence-electron chi connectivity index (χ0n) is 11.2. The minimum Gasteiger partial charge on any atom is -0.495 e. The Labute approximate surface area is 134 Å². The zero-order chi connectivity index (χ0) is 15.0. The molecule has 3 rings (SSSR count). The van der Waals surface area contributed by atoms with Crippen molar-refractivity contribution in [3.05, 3.63) is 33.2 Å². The number of anilines is 2.